The van der Waals surface area contributed by atoms with Crippen LogP contribution in [0.4, 0.5) is 5.13 Å². The third-order valence-electron chi connectivity index (χ3n) is 4.40. The molecule has 0 aliphatic carbocycles. The molecule has 4 N–H and O–H groups in total. The zero-order valence-corrected chi connectivity index (χ0v) is 20.8. The van der Waals surface area contributed by atoms with Gasteiger partial charge < -0.3 is 16.2 Å². The molecule has 2 aliphatic rings. The maximum Gasteiger partial charge on any atom is 0.352 e. The van der Waals surface area contributed by atoms with Crippen molar-refractivity contribution in [3.05, 3.63) is 31.9 Å². The van der Waals surface area contributed by atoms with E-state index < -0.39 is 29.2 Å². The molecule has 2 amide bonds. The second-order valence-corrected chi connectivity index (χ2v) is 10.9. The first-order valence-corrected chi connectivity index (χ1v) is 13.6. The summed E-state index contributed by atoms with van der Waals surface area (Å²) in [5.74, 6) is -1.25. The van der Waals surface area contributed by atoms with Gasteiger partial charge in [0.15, 0.2) is 9.47 Å². The first-order valence-electron chi connectivity index (χ1n) is 8.52. The molecule has 31 heavy (non-hydrogen) atoms. The molecule has 4 rings (SSSR count). The lowest BCUT2D eigenvalue weighted by molar-refractivity contribution is -0.150. The summed E-state index contributed by atoms with van der Waals surface area (Å²) >= 11 is 7.31. The average molecular weight is 608 g/mol. The number of hydrogen-bond acceptors (Lipinski definition) is 11. The molecular weight excluding hydrogens is 595 g/mol. The highest BCUT2D eigenvalue weighted by Gasteiger charge is 2.54. The number of carbonyl (C=O) groups excluding carboxylic acids is 2. The maximum absolute atomic E-state index is 12.8. The summed E-state index contributed by atoms with van der Waals surface area (Å²) in [6.45, 7) is 0. The van der Waals surface area contributed by atoms with Gasteiger partial charge in [0.2, 0.25) is 0 Å². The summed E-state index contributed by atoms with van der Waals surface area (Å²) < 4.78 is 2.30. The number of amides is 2. The number of rotatable bonds is 7. The van der Waals surface area contributed by atoms with Crippen molar-refractivity contribution in [3.8, 4) is 0 Å². The van der Waals surface area contributed by atoms with Crippen LogP contribution in [0, 0.1) is 0 Å². The van der Waals surface area contributed by atoms with Crippen LogP contribution in [0.2, 0.25) is 0 Å². The number of thiazole rings is 1. The molecule has 2 aliphatic heterocycles. The second-order valence-electron chi connectivity index (χ2n) is 6.21. The second kappa shape index (κ2) is 9.43. The van der Waals surface area contributed by atoms with E-state index in [-0.39, 0.29) is 5.70 Å². The molecule has 10 nitrogen and oxygen atoms in total. The van der Waals surface area contributed by atoms with Crippen LogP contribution in [-0.4, -0.2) is 65.9 Å². The number of hydrogen-bond donors (Lipinski definition) is 3. The molecule has 162 valence electrons. The maximum atomic E-state index is 12.8. The normalized spacial score (nSPS) is 21.0. The van der Waals surface area contributed by atoms with E-state index in [1.165, 1.54) is 51.1 Å². The smallest absolute Gasteiger partial charge is 0.352 e. The highest BCUT2D eigenvalue weighted by atomic mass is 127. The van der Waals surface area contributed by atoms with E-state index in [9.17, 15) is 19.5 Å². The number of anilines is 1. The van der Waals surface area contributed by atoms with Gasteiger partial charge in [-0.15, -0.1) is 33.3 Å². The summed E-state index contributed by atoms with van der Waals surface area (Å²) in [6, 6.07) is -0.813. The van der Waals surface area contributed by atoms with Crippen LogP contribution < -0.4 is 11.1 Å². The quantitative estimate of drug-likeness (QED) is 0.184. The molecular formula is C16H13IN6O4S4. The Kier molecular flexibility index (Phi) is 6.85. The van der Waals surface area contributed by atoms with Crippen molar-refractivity contribution in [2.75, 3.05) is 17.2 Å². The first kappa shape index (κ1) is 22.5. The number of nitrogens with one attached hydrogen (secondary N) is 1. The molecule has 1 saturated heterocycles. The number of thioether (sulfide) groups is 2. The summed E-state index contributed by atoms with van der Waals surface area (Å²) in [7, 11) is 0. The lowest BCUT2D eigenvalue weighted by atomic mass is 10.0. The Hall–Kier alpha value is -1.69. The van der Waals surface area contributed by atoms with Gasteiger partial charge in [0.05, 0.1) is 11.3 Å². The highest BCUT2D eigenvalue weighted by Crippen LogP contribution is 2.42. The van der Waals surface area contributed by atoms with Crippen molar-refractivity contribution in [3.63, 3.8) is 0 Å². The van der Waals surface area contributed by atoms with Crippen molar-refractivity contribution in [1.29, 1.82) is 0 Å². The van der Waals surface area contributed by atoms with E-state index in [1.807, 2.05) is 22.6 Å². The molecule has 0 saturated carbocycles. The van der Waals surface area contributed by atoms with Crippen LogP contribution >= 0.6 is 68.8 Å². The predicted octanol–water partition coefficient (Wildman–Crippen LogP) is 1.88. The van der Waals surface area contributed by atoms with Gasteiger partial charge >= 0.3 is 5.97 Å². The molecule has 2 aromatic heterocycles. The molecule has 1 fully saturated rings. The fourth-order valence-electron chi connectivity index (χ4n) is 3.02. The molecule has 2 aromatic rings. The SMILES string of the molecule is Nc1nc(C(=CI)C(=O)NC2C(=O)N3C(C(=O)O)=C(CSc4nncs4)CS[C@@H]23)cs1. The third-order valence-corrected chi connectivity index (χ3v) is 8.98. The lowest BCUT2D eigenvalue weighted by Gasteiger charge is -2.49. The number of aromatic nitrogens is 3. The van der Waals surface area contributed by atoms with E-state index in [2.05, 4.69) is 20.5 Å². The fraction of sp³-hybridized carbons (Fsp3) is 0.250. The van der Waals surface area contributed by atoms with Crippen molar-refractivity contribution in [1.82, 2.24) is 25.4 Å². The molecule has 0 spiro atoms. The third kappa shape index (κ3) is 4.46. The van der Waals surface area contributed by atoms with Gasteiger partial charge in [0.25, 0.3) is 11.8 Å². The molecule has 4 heterocycles. The largest absolute Gasteiger partial charge is 0.477 e. The van der Waals surface area contributed by atoms with Gasteiger partial charge in [-0.2, -0.15) is 0 Å². The number of fused-ring (bicyclic) bond motifs is 1. The summed E-state index contributed by atoms with van der Waals surface area (Å²) in [6.07, 6.45) is 0. The van der Waals surface area contributed by atoms with E-state index in [0.717, 1.165) is 4.34 Å². The number of aliphatic carboxylic acids is 1. The van der Waals surface area contributed by atoms with Crippen LogP contribution in [-0.2, 0) is 14.4 Å². The standard InChI is InChI=1S/C16H13IN6O4S4/c17-1-7(8-4-29-15(18)20-8)11(24)21-9-12(25)23-10(14(26)27)6(2-28-13(9)23)3-30-16-22-19-5-31-16/h1,4-5,9,13H,2-3H2,(H2,18,20)(H,21,24)(H,26,27)/t9?,13-/m0/s1. The number of halogens is 1. The molecule has 0 bridgehead atoms. The van der Waals surface area contributed by atoms with E-state index in [0.29, 0.717) is 33.5 Å². The van der Waals surface area contributed by atoms with Gasteiger partial charge in [-0.1, -0.05) is 45.7 Å². The Labute approximate surface area is 205 Å². The van der Waals surface area contributed by atoms with Gasteiger partial charge in [0, 0.05) is 16.9 Å². The number of nitrogens with two attached hydrogens (primary N) is 1. The van der Waals surface area contributed by atoms with E-state index in [1.54, 1.807) is 15.0 Å². The summed E-state index contributed by atoms with van der Waals surface area (Å²) in [4.78, 5) is 42.8. The minimum atomic E-state index is -1.16. The number of nitrogens with zero attached hydrogens (tertiary/aromatic N) is 4. The number of β-lactam (4-membered cyclic amide) rings is 1. The minimum Gasteiger partial charge on any atom is -0.477 e. The van der Waals surface area contributed by atoms with Crippen molar-refractivity contribution < 1.29 is 19.5 Å². The minimum absolute atomic E-state index is 0.0202. The Balaban J connectivity index is 1.48. The Morgan fingerprint density at radius 2 is 2.26 bits per heavy atom. The topological polar surface area (TPSA) is 151 Å². The highest BCUT2D eigenvalue weighted by molar-refractivity contribution is 14.1. The Bertz CT molecular complexity index is 1100. The van der Waals surface area contributed by atoms with Crippen LogP contribution in [0.5, 0.6) is 0 Å². The van der Waals surface area contributed by atoms with Gasteiger partial charge in [-0.25, -0.2) is 9.78 Å². The number of carboxylic acid groups (broad SMARTS) is 1. The summed E-state index contributed by atoms with van der Waals surface area (Å²) in [5, 5.41) is 21.7. The first-order chi connectivity index (χ1) is 14.9. The van der Waals surface area contributed by atoms with Gasteiger partial charge in [-0.05, 0) is 9.66 Å². The molecule has 0 aromatic carbocycles. The monoisotopic (exact) mass is 608 g/mol. The molecule has 0 radical (unpaired) electrons. The number of carboxylic acids is 1. The van der Waals surface area contributed by atoms with E-state index in [4.69, 9.17) is 5.73 Å². The zero-order chi connectivity index (χ0) is 22.1. The molecule has 15 heteroatoms. The van der Waals surface area contributed by atoms with Crippen LogP contribution in [0.25, 0.3) is 5.57 Å². The van der Waals surface area contributed by atoms with Crippen LogP contribution in [0.15, 0.2) is 30.6 Å². The van der Waals surface area contributed by atoms with Crippen molar-refractivity contribution >= 4 is 97.3 Å². The molecule has 2 atom stereocenters. The van der Waals surface area contributed by atoms with Gasteiger partial charge in [0.1, 0.15) is 22.6 Å². The van der Waals surface area contributed by atoms with Crippen LogP contribution in [0.1, 0.15) is 5.69 Å². The fourth-order valence-corrected chi connectivity index (χ4v) is 7.16. The molecule has 1 unspecified atom stereocenters. The van der Waals surface area contributed by atoms with Crippen molar-refractivity contribution in [2.24, 2.45) is 0 Å². The predicted molar refractivity (Wildman–Crippen MR) is 129 cm³/mol. The number of carbonyl (C=O) groups is 3. The number of nitrogen functional groups attached to an aromatic ring is 1. The summed E-state index contributed by atoms with van der Waals surface area (Å²) in [5.41, 5.74) is 8.59. The van der Waals surface area contributed by atoms with Gasteiger partial charge in [-0.3, -0.25) is 14.5 Å². The average Bonchev–Trinajstić information content (AvgIpc) is 3.42. The zero-order valence-electron chi connectivity index (χ0n) is 15.4. The van der Waals surface area contributed by atoms with Crippen LogP contribution in [0.3, 0.4) is 0 Å². The van der Waals surface area contributed by atoms with E-state index >= 15 is 0 Å². The Morgan fingerprint density at radius 3 is 2.87 bits per heavy atom. The lowest BCUT2D eigenvalue weighted by Crippen LogP contribution is -2.70. The Morgan fingerprint density at radius 1 is 1.45 bits per heavy atom. The van der Waals surface area contributed by atoms with Crippen molar-refractivity contribution in [2.45, 2.75) is 15.8 Å².